The van der Waals surface area contributed by atoms with Gasteiger partial charge in [0.05, 0.1) is 0 Å². The van der Waals surface area contributed by atoms with Gasteiger partial charge in [0.2, 0.25) is 5.91 Å². The number of amides is 1. The van der Waals surface area contributed by atoms with Crippen LogP contribution in [0.2, 0.25) is 0 Å². The van der Waals surface area contributed by atoms with Crippen LogP contribution in [0.15, 0.2) is 28.7 Å². The minimum Gasteiger partial charge on any atom is -0.353 e. The highest BCUT2D eigenvalue weighted by Gasteiger charge is 2.30. The Morgan fingerprint density at radius 1 is 1.22 bits per heavy atom. The van der Waals surface area contributed by atoms with E-state index >= 15 is 0 Å². The molecule has 0 aromatic heterocycles. The first-order chi connectivity index (χ1) is 9.91. The van der Waals surface area contributed by atoms with Gasteiger partial charge in [-0.05, 0) is 44.1 Å². The first-order valence-electron chi connectivity index (χ1n) is 7.47. The van der Waals surface area contributed by atoms with E-state index in [1.807, 2.05) is 24.3 Å². The Hall–Kier alpha value is -0.330. The zero-order valence-electron chi connectivity index (χ0n) is 14.0. The van der Waals surface area contributed by atoms with Crippen molar-refractivity contribution in [2.45, 2.75) is 32.7 Å². The van der Waals surface area contributed by atoms with E-state index in [2.05, 4.69) is 40.0 Å². The maximum Gasteiger partial charge on any atom is 0.244 e. The summed E-state index contributed by atoms with van der Waals surface area (Å²) in [6, 6.07) is 7.54. The van der Waals surface area contributed by atoms with Crippen molar-refractivity contribution in [3.63, 3.8) is 0 Å². The maximum atomic E-state index is 12.3. The van der Waals surface area contributed by atoms with Gasteiger partial charge in [-0.2, -0.15) is 0 Å². The van der Waals surface area contributed by atoms with E-state index in [-0.39, 0.29) is 30.7 Å². The summed E-state index contributed by atoms with van der Waals surface area (Å²) in [6.45, 7) is 9.56. The van der Waals surface area contributed by atoms with Crippen LogP contribution < -0.4 is 11.1 Å². The molecule has 0 spiro atoms. The fourth-order valence-corrected chi connectivity index (χ4v) is 2.45. The Morgan fingerprint density at radius 2 is 1.78 bits per heavy atom. The molecule has 1 rings (SSSR count). The van der Waals surface area contributed by atoms with Crippen LogP contribution in [-0.2, 0) is 10.3 Å². The van der Waals surface area contributed by atoms with Crippen molar-refractivity contribution >= 4 is 46.7 Å². The number of likely N-dealkylation sites (N-methyl/N-ethyl adjacent to an activating group) is 1. The molecule has 1 atom stereocenters. The quantitative estimate of drug-likeness (QED) is 0.667. The van der Waals surface area contributed by atoms with Gasteiger partial charge in [-0.15, -0.1) is 24.8 Å². The first kappa shape index (κ1) is 24.9. The number of rotatable bonds is 8. The molecule has 0 saturated carbocycles. The van der Waals surface area contributed by atoms with Crippen LogP contribution in [0.3, 0.4) is 0 Å². The van der Waals surface area contributed by atoms with Gasteiger partial charge in [-0.3, -0.25) is 4.79 Å². The molecular formula is C16H28BrCl2N3O. The Labute approximate surface area is 160 Å². The molecule has 1 aromatic rings. The van der Waals surface area contributed by atoms with Gasteiger partial charge in [-0.25, -0.2) is 0 Å². The van der Waals surface area contributed by atoms with E-state index in [1.165, 1.54) is 0 Å². The lowest BCUT2D eigenvalue weighted by Gasteiger charge is -2.25. The normalized spacial score (nSPS) is 12.8. The lowest BCUT2D eigenvalue weighted by molar-refractivity contribution is -0.126. The summed E-state index contributed by atoms with van der Waals surface area (Å²) >= 11 is 3.38. The van der Waals surface area contributed by atoms with Crippen LogP contribution in [0.25, 0.3) is 0 Å². The molecule has 0 aliphatic rings. The van der Waals surface area contributed by atoms with Crippen LogP contribution in [0.5, 0.6) is 0 Å². The van der Waals surface area contributed by atoms with Crippen LogP contribution >= 0.6 is 40.7 Å². The highest BCUT2D eigenvalue weighted by molar-refractivity contribution is 9.10. The van der Waals surface area contributed by atoms with Crippen molar-refractivity contribution in [1.82, 2.24) is 10.2 Å². The average Bonchev–Trinajstić information content (AvgIpc) is 2.46. The lowest BCUT2D eigenvalue weighted by Crippen LogP contribution is -2.50. The number of halogens is 3. The molecule has 23 heavy (non-hydrogen) atoms. The number of carbonyl (C=O) groups excluding carboxylic acids is 1. The second kappa shape index (κ2) is 12.1. The topological polar surface area (TPSA) is 58.4 Å². The van der Waals surface area contributed by atoms with Crippen molar-refractivity contribution in [2.75, 3.05) is 26.2 Å². The number of hydrogen-bond acceptors (Lipinski definition) is 3. The third kappa shape index (κ3) is 7.86. The predicted octanol–water partition coefficient (Wildman–Crippen LogP) is 3.31. The van der Waals surface area contributed by atoms with Crippen molar-refractivity contribution in [1.29, 1.82) is 0 Å². The summed E-state index contributed by atoms with van der Waals surface area (Å²) in [5.41, 5.74) is 6.00. The second-order valence-electron chi connectivity index (χ2n) is 5.40. The lowest BCUT2D eigenvalue weighted by atomic mass is 9.92. The summed E-state index contributed by atoms with van der Waals surface area (Å²) in [4.78, 5) is 14.6. The van der Waals surface area contributed by atoms with E-state index in [9.17, 15) is 4.79 Å². The third-order valence-electron chi connectivity index (χ3n) is 3.62. The molecule has 1 aromatic carbocycles. The van der Waals surface area contributed by atoms with E-state index in [1.54, 1.807) is 6.92 Å². The average molecular weight is 429 g/mol. The summed E-state index contributed by atoms with van der Waals surface area (Å²) in [5, 5.41) is 2.94. The van der Waals surface area contributed by atoms with Crippen molar-refractivity contribution in [3.8, 4) is 0 Å². The van der Waals surface area contributed by atoms with Gasteiger partial charge in [0.1, 0.15) is 5.54 Å². The van der Waals surface area contributed by atoms with Gasteiger partial charge < -0.3 is 16.0 Å². The van der Waals surface area contributed by atoms with Crippen LogP contribution in [0.4, 0.5) is 0 Å². The molecule has 0 fully saturated rings. The van der Waals surface area contributed by atoms with Crippen molar-refractivity contribution in [3.05, 3.63) is 34.3 Å². The van der Waals surface area contributed by atoms with Gasteiger partial charge in [-0.1, -0.05) is 41.9 Å². The fraction of sp³-hybridized carbons (Fsp3) is 0.562. The van der Waals surface area contributed by atoms with Crippen LogP contribution in [0.1, 0.15) is 32.8 Å². The van der Waals surface area contributed by atoms with Crippen LogP contribution in [-0.4, -0.2) is 37.0 Å². The molecule has 1 amide bonds. The van der Waals surface area contributed by atoms with Gasteiger partial charge in [0, 0.05) is 17.6 Å². The number of hydrogen-bond donors (Lipinski definition) is 2. The Balaban J connectivity index is 0. The summed E-state index contributed by atoms with van der Waals surface area (Å²) < 4.78 is 0.973. The minimum atomic E-state index is -1.01. The van der Waals surface area contributed by atoms with Gasteiger partial charge in [0.15, 0.2) is 0 Å². The van der Waals surface area contributed by atoms with Gasteiger partial charge in [0.25, 0.3) is 0 Å². The molecule has 0 aliphatic heterocycles. The van der Waals surface area contributed by atoms with E-state index in [0.29, 0.717) is 6.54 Å². The first-order valence-corrected chi connectivity index (χ1v) is 8.26. The third-order valence-corrected chi connectivity index (χ3v) is 4.14. The fourth-order valence-electron chi connectivity index (χ4n) is 2.18. The molecule has 0 bridgehead atoms. The molecule has 3 N–H and O–H groups in total. The standard InChI is InChI=1S/C16H26BrN3O.2ClH/c1-4-11-20(5-2)12-10-19-15(21)16(3,18)13-6-8-14(17)9-7-13;;/h6-9H,4-5,10-12,18H2,1-3H3,(H,19,21);2*1H. The molecule has 0 heterocycles. The molecule has 7 heteroatoms. The number of carbonyl (C=O) groups is 1. The molecule has 1 unspecified atom stereocenters. The highest BCUT2D eigenvalue weighted by atomic mass is 79.9. The smallest absolute Gasteiger partial charge is 0.244 e. The minimum absolute atomic E-state index is 0. The number of nitrogens with two attached hydrogens (primary N) is 1. The number of nitrogens with one attached hydrogen (secondary N) is 1. The Bertz CT molecular complexity index is 455. The molecule has 134 valence electrons. The molecule has 0 radical (unpaired) electrons. The second-order valence-corrected chi connectivity index (χ2v) is 6.32. The molecule has 0 saturated heterocycles. The maximum absolute atomic E-state index is 12.3. The van der Waals surface area contributed by atoms with E-state index in [0.717, 1.165) is 36.1 Å². The van der Waals surface area contributed by atoms with Crippen molar-refractivity contribution in [2.24, 2.45) is 5.73 Å². The summed E-state index contributed by atoms with van der Waals surface area (Å²) in [7, 11) is 0. The van der Waals surface area contributed by atoms with Crippen LogP contribution in [0, 0.1) is 0 Å². The number of benzene rings is 1. The Kier molecular flexibility index (Phi) is 13.1. The molecule has 0 aliphatic carbocycles. The summed E-state index contributed by atoms with van der Waals surface area (Å²) in [6.07, 6.45) is 1.12. The van der Waals surface area contributed by atoms with Gasteiger partial charge >= 0.3 is 0 Å². The zero-order chi connectivity index (χ0) is 15.9. The molecular weight excluding hydrogens is 401 g/mol. The molecule has 4 nitrogen and oxygen atoms in total. The zero-order valence-corrected chi connectivity index (χ0v) is 17.2. The van der Waals surface area contributed by atoms with Crippen molar-refractivity contribution < 1.29 is 4.79 Å². The predicted molar refractivity (Wildman–Crippen MR) is 106 cm³/mol. The SMILES string of the molecule is CCCN(CC)CCNC(=O)C(C)(N)c1ccc(Br)cc1.Cl.Cl. The largest absolute Gasteiger partial charge is 0.353 e. The monoisotopic (exact) mass is 427 g/mol. The number of nitrogens with zero attached hydrogens (tertiary/aromatic N) is 1. The summed E-state index contributed by atoms with van der Waals surface area (Å²) in [5.74, 6) is -0.141. The van der Waals surface area contributed by atoms with E-state index < -0.39 is 5.54 Å². The Morgan fingerprint density at radius 3 is 2.26 bits per heavy atom. The van der Waals surface area contributed by atoms with E-state index in [4.69, 9.17) is 5.73 Å². The highest BCUT2D eigenvalue weighted by Crippen LogP contribution is 2.20.